The van der Waals surface area contributed by atoms with Gasteiger partial charge in [-0.1, -0.05) is 32.0 Å². The minimum Gasteiger partial charge on any atom is -0.326 e. The van der Waals surface area contributed by atoms with E-state index in [0.29, 0.717) is 24.1 Å². The quantitative estimate of drug-likeness (QED) is 0.841. The maximum Gasteiger partial charge on any atom is 0.132 e. The van der Waals surface area contributed by atoms with Crippen LogP contribution in [0.15, 0.2) is 18.2 Å². The molecule has 2 N–H and O–H groups in total. The fourth-order valence-corrected chi connectivity index (χ4v) is 2.38. The number of rotatable bonds is 6. The Bertz CT molecular complexity index is 399. The molecule has 0 bridgehead atoms. The van der Waals surface area contributed by atoms with Crippen molar-refractivity contribution >= 4 is 0 Å². The van der Waals surface area contributed by atoms with Crippen molar-refractivity contribution in [2.45, 2.75) is 45.8 Å². The van der Waals surface area contributed by atoms with E-state index in [9.17, 15) is 4.39 Å². The Morgan fingerprint density at radius 3 is 2.56 bits per heavy atom. The standard InChI is InChI=1S/C15H23FN2/c1-11(2)9-18(14-6-7-14)10-13-5-3-4-12(8-17)15(13)16/h3-5,11,14H,6-10,17H2,1-2H3. The molecular formula is C15H23FN2. The Labute approximate surface area is 109 Å². The molecule has 2 nitrogen and oxygen atoms in total. The first-order valence-corrected chi connectivity index (χ1v) is 6.82. The highest BCUT2D eigenvalue weighted by Gasteiger charge is 2.29. The van der Waals surface area contributed by atoms with Gasteiger partial charge in [0, 0.05) is 36.8 Å². The molecule has 0 heterocycles. The molecular weight excluding hydrogens is 227 g/mol. The fourth-order valence-electron chi connectivity index (χ4n) is 2.38. The Kier molecular flexibility index (Phi) is 4.36. The second-order valence-electron chi connectivity index (χ2n) is 5.65. The summed E-state index contributed by atoms with van der Waals surface area (Å²) >= 11 is 0. The third-order valence-electron chi connectivity index (χ3n) is 3.41. The maximum absolute atomic E-state index is 14.1. The molecule has 0 radical (unpaired) electrons. The summed E-state index contributed by atoms with van der Waals surface area (Å²) in [5, 5.41) is 0. The van der Waals surface area contributed by atoms with Crippen molar-refractivity contribution in [3.63, 3.8) is 0 Å². The van der Waals surface area contributed by atoms with Gasteiger partial charge in [0.05, 0.1) is 0 Å². The molecule has 0 aliphatic heterocycles. The first-order valence-electron chi connectivity index (χ1n) is 6.82. The monoisotopic (exact) mass is 250 g/mol. The maximum atomic E-state index is 14.1. The highest BCUT2D eigenvalue weighted by atomic mass is 19.1. The molecule has 0 atom stereocenters. The zero-order valence-electron chi connectivity index (χ0n) is 11.3. The van der Waals surface area contributed by atoms with Gasteiger partial charge in [0.25, 0.3) is 0 Å². The Hall–Kier alpha value is -0.930. The lowest BCUT2D eigenvalue weighted by Gasteiger charge is -2.24. The van der Waals surface area contributed by atoms with Crippen LogP contribution in [0.4, 0.5) is 4.39 Å². The molecule has 0 spiro atoms. The smallest absolute Gasteiger partial charge is 0.132 e. The first kappa shape index (κ1) is 13.5. The lowest BCUT2D eigenvalue weighted by Crippen LogP contribution is -2.30. The molecule has 1 aliphatic rings. The number of benzene rings is 1. The van der Waals surface area contributed by atoms with Gasteiger partial charge in [-0.05, 0) is 18.8 Å². The van der Waals surface area contributed by atoms with Crippen LogP contribution in [0.3, 0.4) is 0 Å². The fraction of sp³-hybridized carbons (Fsp3) is 0.600. The van der Waals surface area contributed by atoms with Crippen LogP contribution in [-0.4, -0.2) is 17.5 Å². The van der Waals surface area contributed by atoms with E-state index in [4.69, 9.17) is 5.73 Å². The van der Waals surface area contributed by atoms with Gasteiger partial charge >= 0.3 is 0 Å². The molecule has 1 aromatic carbocycles. The highest BCUT2D eigenvalue weighted by Crippen LogP contribution is 2.29. The number of hydrogen-bond donors (Lipinski definition) is 1. The van der Waals surface area contributed by atoms with Crippen LogP contribution < -0.4 is 5.73 Å². The molecule has 1 aromatic rings. The van der Waals surface area contributed by atoms with E-state index in [-0.39, 0.29) is 12.4 Å². The SMILES string of the molecule is CC(C)CN(Cc1cccc(CN)c1F)C1CC1. The lowest BCUT2D eigenvalue weighted by atomic mass is 10.1. The minimum atomic E-state index is -0.116. The van der Waals surface area contributed by atoms with Gasteiger partial charge in [-0.15, -0.1) is 0 Å². The molecule has 2 rings (SSSR count). The van der Waals surface area contributed by atoms with Crippen LogP contribution in [0.25, 0.3) is 0 Å². The van der Waals surface area contributed by atoms with Crippen LogP contribution in [0.2, 0.25) is 0 Å². The van der Waals surface area contributed by atoms with Crippen LogP contribution in [-0.2, 0) is 13.1 Å². The predicted octanol–water partition coefficient (Wildman–Crippen LogP) is 2.90. The van der Waals surface area contributed by atoms with Crippen molar-refractivity contribution in [2.75, 3.05) is 6.54 Å². The topological polar surface area (TPSA) is 29.3 Å². The zero-order valence-corrected chi connectivity index (χ0v) is 11.3. The average Bonchev–Trinajstić information content (AvgIpc) is 3.14. The number of hydrogen-bond acceptors (Lipinski definition) is 2. The first-order chi connectivity index (χ1) is 8.61. The predicted molar refractivity (Wildman–Crippen MR) is 72.6 cm³/mol. The average molecular weight is 250 g/mol. The van der Waals surface area contributed by atoms with Gasteiger partial charge in [-0.25, -0.2) is 4.39 Å². The molecule has 0 amide bonds. The normalized spacial score (nSPS) is 15.7. The molecule has 1 aliphatic carbocycles. The van der Waals surface area contributed by atoms with Crippen molar-refractivity contribution in [3.8, 4) is 0 Å². The van der Waals surface area contributed by atoms with E-state index >= 15 is 0 Å². The second kappa shape index (κ2) is 5.81. The van der Waals surface area contributed by atoms with E-state index in [1.165, 1.54) is 12.8 Å². The van der Waals surface area contributed by atoms with Gasteiger partial charge in [-0.2, -0.15) is 0 Å². The molecule has 18 heavy (non-hydrogen) atoms. The summed E-state index contributed by atoms with van der Waals surface area (Å²) in [4.78, 5) is 2.41. The van der Waals surface area contributed by atoms with Gasteiger partial charge in [0.2, 0.25) is 0 Å². The summed E-state index contributed by atoms with van der Waals surface area (Å²) < 4.78 is 14.1. The van der Waals surface area contributed by atoms with E-state index in [0.717, 1.165) is 12.1 Å². The summed E-state index contributed by atoms with van der Waals surface area (Å²) in [7, 11) is 0. The number of nitrogens with two attached hydrogens (primary N) is 1. The van der Waals surface area contributed by atoms with E-state index < -0.39 is 0 Å². The molecule has 3 heteroatoms. The van der Waals surface area contributed by atoms with Gasteiger partial charge < -0.3 is 5.73 Å². The van der Waals surface area contributed by atoms with Crippen molar-refractivity contribution in [3.05, 3.63) is 35.1 Å². The van der Waals surface area contributed by atoms with Gasteiger partial charge in [-0.3, -0.25) is 4.90 Å². The summed E-state index contributed by atoms with van der Waals surface area (Å²) in [6.45, 7) is 6.44. The molecule has 0 aromatic heterocycles. The van der Waals surface area contributed by atoms with Crippen LogP contribution in [0, 0.1) is 11.7 Å². The molecule has 0 saturated heterocycles. The molecule has 1 saturated carbocycles. The van der Waals surface area contributed by atoms with E-state index in [1.54, 1.807) is 6.07 Å². The van der Waals surface area contributed by atoms with Crippen molar-refractivity contribution < 1.29 is 4.39 Å². The minimum absolute atomic E-state index is 0.116. The summed E-state index contributed by atoms with van der Waals surface area (Å²) in [6.07, 6.45) is 2.51. The summed E-state index contributed by atoms with van der Waals surface area (Å²) in [5.74, 6) is 0.501. The van der Waals surface area contributed by atoms with Gasteiger partial charge in [0.1, 0.15) is 5.82 Å². The largest absolute Gasteiger partial charge is 0.326 e. The molecule has 0 unspecified atom stereocenters. The molecule has 1 fully saturated rings. The van der Waals surface area contributed by atoms with Crippen LogP contribution in [0.1, 0.15) is 37.8 Å². The Morgan fingerprint density at radius 2 is 2.00 bits per heavy atom. The number of halogens is 1. The Balaban J connectivity index is 2.10. The van der Waals surface area contributed by atoms with Crippen molar-refractivity contribution in [1.29, 1.82) is 0 Å². The summed E-state index contributed by atoms with van der Waals surface area (Å²) in [6, 6.07) is 6.21. The summed E-state index contributed by atoms with van der Waals surface area (Å²) in [5.41, 5.74) is 6.95. The molecule has 100 valence electrons. The number of nitrogens with zero attached hydrogens (tertiary/aromatic N) is 1. The highest BCUT2D eigenvalue weighted by molar-refractivity contribution is 5.26. The third-order valence-corrected chi connectivity index (χ3v) is 3.41. The van der Waals surface area contributed by atoms with Crippen LogP contribution in [0.5, 0.6) is 0 Å². The van der Waals surface area contributed by atoms with E-state index in [1.807, 2.05) is 12.1 Å². The lowest BCUT2D eigenvalue weighted by molar-refractivity contribution is 0.223. The van der Waals surface area contributed by atoms with Crippen LogP contribution >= 0.6 is 0 Å². The second-order valence-corrected chi connectivity index (χ2v) is 5.65. The van der Waals surface area contributed by atoms with Crippen molar-refractivity contribution in [1.82, 2.24) is 4.90 Å². The van der Waals surface area contributed by atoms with Gasteiger partial charge in [0.15, 0.2) is 0 Å². The Morgan fingerprint density at radius 1 is 1.33 bits per heavy atom. The van der Waals surface area contributed by atoms with Crippen molar-refractivity contribution in [2.24, 2.45) is 11.7 Å². The zero-order chi connectivity index (χ0) is 13.1. The van der Waals surface area contributed by atoms with E-state index in [2.05, 4.69) is 18.7 Å². The third kappa shape index (κ3) is 3.30.